The summed E-state index contributed by atoms with van der Waals surface area (Å²) in [6.07, 6.45) is 12.1. The Morgan fingerprint density at radius 3 is 1.18 bits per heavy atom. The van der Waals surface area contributed by atoms with Crippen molar-refractivity contribution < 1.29 is 0 Å². The first kappa shape index (κ1) is 27.4. The maximum Gasteiger partial charge on any atom is 0.0215 e. The summed E-state index contributed by atoms with van der Waals surface area (Å²) in [7, 11) is 0. The number of benzene rings is 4. The molecule has 0 atom stereocenters. The molecule has 5 rings (SSSR count). The Morgan fingerprint density at radius 1 is 0.436 bits per heavy atom. The highest BCUT2D eigenvalue weighted by atomic mass is 14.4. The van der Waals surface area contributed by atoms with Crippen molar-refractivity contribution in [2.75, 3.05) is 0 Å². The van der Waals surface area contributed by atoms with E-state index in [2.05, 4.69) is 113 Å². The number of hydrogen-bond donors (Lipinski definition) is 0. The van der Waals surface area contributed by atoms with Gasteiger partial charge in [0.2, 0.25) is 0 Å². The molecule has 0 saturated carbocycles. The molecule has 0 heterocycles. The summed E-state index contributed by atoms with van der Waals surface area (Å²) in [5.74, 6) is 0. The molecule has 0 radical (unpaired) electrons. The third-order valence-corrected chi connectivity index (χ3v) is 8.93. The number of aryl methyl sites for hydroxylation is 2. The minimum atomic E-state index is 0.0856. The Labute approximate surface area is 237 Å². The molecule has 1 aliphatic rings. The summed E-state index contributed by atoms with van der Waals surface area (Å²) in [4.78, 5) is 0. The zero-order valence-electron chi connectivity index (χ0n) is 24.7. The molecule has 0 bridgehead atoms. The van der Waals surface area contributed by atoms with Gasteiger partial charge in [0.05, 0.1) is 0 Å². The van der Waals surface area contributed by atoms with Crippen molar-refractivity contribution in [3.63, 3.8) is 0 Å². The van der Waals surface area contributed by atoms with Crippen molar-refractivity contribution in [2.24, 2.45) is 0 Å². The molecule has 0 nitrogen and oxygen atoms in total. The molecular weight excluding hydrogens is 468 g/mol. The molecule has 39 heavy (non-hydrogen) atoms. The molecule has 1 aliphatic carbocycles. The van der Waals surface area contributed by atoms with Gasteiger partial charge in [0.25, 0.3) is 0 Å². The van der Waals surface area contributed by atoms with Crippen LogP contribution in [0.15, 0.2) is 84.9 Å². The lowest BCUT2D eigenvalue weighted by molar-refractivity contribution is 0.436. The van der Waals surface area contributed by atoms with Gasteiger partial charge in [-0.3, -0.25) is 0 Å². The Kier molecular flexibility index (Phi) is 8.71. The third-order valence-electron chi connectivity index (χ3n) is 8.93. The molecule has 0 aromatic heterocycles. The van der Waals surface area contributed by atoms with Crippen LogP contribution >= 0.6 is 0 Å². The predicted molar refractivity (Wildman–Crippen MR) is 171 cm³/mol. The van der Waals surface area contributed by atoms with Gasteiger partial charge in [-0.2, -0.15) is 0 Å². The van der Waals surface area contributed by atoms with E-state index in [1.54, 1.807) is 11.1 Å². The molecule has 0 unspecified atom stereocenters. The Hall–Kier alpha value is -3.12. The Morgan fingerprint density at radius 2 is 0.821 bits per heavy atom. The standard InChI is InChI=1S/C39H46/c1-5-9-11-29-13-17-31(18-14-29)33-21-23-35-36-24-22-34(32-19-15-30(16-20-32)12-10-6-2)28-38(36)39(25-7-3,26-8-4)37(35)27-33/h13-24,27-28H,5-12,25-26H2,1-4H3. The van der Waals surface area contributed by atoms with Crippen LogP contribution in [0, 0.1) is 0 Å². The van der Waals surface area contributed by atoms with Crippen LogP contribution in [0.5, 0.6) is 0 Å². The normalized spacial score (nSPS) is 13.3. The van der Waals surface area contributed by atoms with E-state index in [0.717, 1.165) is 0 Å². The molecular formula is C39H46. The van der Waals surface area contributed by atoms with E-state index in [1.807, 2.05) is 0 Å². The zero-order valence-corrected chi connectivity index (χ0v) is 24.7. The third kappa shape index (κ3) is 5.49. The highest BCUT2D eigenvalue weighted by Crippen LogP contribution is 2.55. The van der Waals surface area contributed by atoms with Gasteiger partial charge in [0, 0.05) is 5.41 Å². The summed E-state index contributed by atoms with van der Waals surface area (Å²) in [5, 5.41) is 0. The van der Waals surface area contributed by atoms with E-state index in [1.165, 1.54) is 109 Å². The molecule has 0 spiro atoms. The van der Waals surface area contributed by atoms with Gasteiger partial charge in [-0.15, -0.1) is 0 Å². The quantitative estimate of drug-likeness (QED) is 0.176. The van der Waals surface area contributed by atoms with E-state index in [9.17, 15) is 0 Å². The number of rotatable bonds is 12. The first-order chi connectivity index (χ1) is 19.1. The lowest BCUT2D eigenvalue weighted by Crippen LogP contribution is -2.25. The second-order valence-electron chi connectivity index (χ2n) is 11.7. The van der Waals surface area contributed by atoms with Gasteiger partial charge < -0.3 is 0 Å². The van der Waals surface area contributed by atoms with Crippen LogP contribution < -0.4 is 0 Å². The molecule has 0 aliphatic heterocycles. The smallest absolute Gasteiger partial charge is 0.0215 e. The lowest BCUT2D eigenvalue weighted by Gasteiger charge is -2.32. The summed E-state index contributed by atoms with van der Waals surface area (Å²) < 4.78 is 0. The molecule has 202 valence electrons. The zero-order chi connectivity index (χ0) is 27.2. The number of fused-ring (bicyclic) bond motifs is 3. The van der Waals surface area contributed by atoms with Crippen molar-refractivity contribution in [3.8, 4) is 33.4 Å². The van der Waals surface area contributed by atoms with Gasteiger partial charge in [-0.05, 0) is 106 Å². The van der Waals surface area contributed by atoms with Crippen LogP contribution in [0.3, 0.4) is 0 Å². The summed E-state index contributed by atoms with van der Waals surface area (Å²) in [6, 6.07) is 33.2. The van der Waals surface area contributed by atoms with Gasteiger partial charge in [0.1, 0.15) is 0 Å². The summed E-state index contributed by atoms with van der Waals surface area (Å²) in [5.41, 5.74) is 14.3. The maximum absolute atomic E-state index is 2.53. The first-order valence-corrected chi connectivity index (χ1v) is 15.6. The molecule has 0 fully saturated rings. The second-order valence-corrected chi connectivity index (χ2v) is 11.7. The van der Waals surface area contributed by atoms with E-state index in [4.69, 9.17) is 0 Å². The van der Waals surface area contributed by atoms with Crippen molar-refractivity contribution in [2.45, 2.75) is 97.3 Å². The molecule has 0 saturated heterocycles. The van der Waals surface area contributed by atoms with Gasteiger partial charge in [0.15, 0.2) is 0 Å². The fourth-order valence-corrected chi connectivity index (χ4v) is 6.86. The molecule has 0 heteroatoms. The number of hydrogen-bond acceptors (Lipinski definition) is 0. The minimum absolute atomic E-state index is 0.0856. The summed E-state index contributed by atoms with van der Waals surface area (Å²) in [6.45, 7) is 9.24. The van der Waals surface area contributed by atoms with Gasteiger partial charge >= 0.3 is 0 Å². The topological polar surface area (TPSA) is 0 Å². The SMILES string of the molecule is CCCCc1ccc(-c2ccc3c(c2)C(CCC)(CCC)c2cc(-c4ccc(CCCC)cc4)ccc2-3)cc1. The van der Waals surface area contributed by atoms with Crippen LogP contribution in [0.25, 0.3) is 33.4 Å². The maximum atomic E-state index is 2.53. The average molecular weight is 515 g/mol. The number of unbranched alkanes of at least 4 members (excludes halogenated alkanes) is 2. The fraction of sp³-hybridized carbons (Fsp3) is 0.385. The molecule has 4 aromatic carbocycles. The summed E-state index contributed by atoms with van der Waals surface area (Å²) >= 11 is 0. The lowest BCUT2D eigenvalue weighted by atomic mass is 9.71. The van der Waals surface area contributed by atoms with Crippen molar-refractivity contribution >= 4 is 0 Å². The molecule has 0 amide bonds. The second kappa shape index (κ2) is 12.4. The fourth-order valence-electron chi connectivity index (χ4n) is 6.86. The monoisotopic (exact) mass is 514 g/mol. The highest BCUT2D eigenvalue weighted by molar-refractivity contribution is 5.86. The average Bonchev–Trinajstić information content (AvgIpc) is 3.24. The van der Waals surface area contributed by atoms with Crippen LogP contribution in [-0.2, 0) is 18.3 Å². The van der Waals surface area contributed by atoms with Gasteiger partial charge in [-0.1, -0.05) is 126 Å². The van der Waals surface area contributed by atoms with Crippen LogP contribution in [-0.4, -0.2) is 0 Å². The Balaban J connectivity index is 1.55. The van der Waals surface area contributed by atoms with Crippen LogP contribution in [0.1, 0.15) is 101 Å². The van der Waals surface area contributed by atoms with E-state index >= 15 is 0 Å². The Bertz CT molecular complexity index is 1260. The molecule has 4 aromatic rings. The van der Waals surface area contributed by atoms with Crippen molar-refractivity contribution in [1.29, 1.82) is 0 Å². The predicted octanol–water partition coefficient (Wildman–Crippen LogP) is 11.6. The van der Waals surface area contributed by atoms with E-state index in [0.29, 0.717) is 0 Å². The van der Waals surface area contributed by atoms with Crippen molar-refractivity contribution in [1.82, 2.24) is 0 Å². The highest BCUT2D eigenvalue weighted by Gasteiger charge is 2.42. The van der Waals surface area contributed by atoms with Gasteiger partial charge in [-0.25, -0.2) is 0 Å². The molecule has 0 N–H and O–H groups in total. The van der Waals surface area contributed by atoms with E-state index in [-0.39, 0.29) is 5.41 Å². The van der Waals surface area contributed by atoms with Crippen LogP contribution in [0.4, 0.5) is 0 Å². The van der Waals surface area contributed by atoms with E-state index < -0.39 is 0 Å². The van der Waals surface area contributed by atoms with Crippen molar-refractivity contribution in [3.05, 3.63) is 107 Å². The van der Waals surface area contributed by atoms with Crippen LogP contribution in [0.2, 0.25) is 0 Å². The minimum Gasteiger partial charge on any atom is -0.0654 e. The first-order valence-electron chi connectivity index (χ1n) is 15.6. The largest absolute Gasteiger partial charge is 0.0654 e.